The predicted octanol–water partition coefficient (Wildman–Crippen LogP) is 4.56. The molecule has 1 aliphatic heterocycles. The van der Waals surface area contributed by atoms with Gasteiger partial charge >= 0.3 is 12.0 Å². The number of amides is 2. The molecule has 0 saturated carbocycles. The van der Waals surface area contributed by atoms with Crippen LogP contribution < -0.4 is 14.8 Å². The minimum atomic E-state index is -0.643. The van der Waals surface area contributed by atoms with E-state index in [2.05, 4.69) is 17.4 Å². The third-order valence-corrected chi connectivity index (χ3v) is 6.43. The number of esters is 1. The number of rotatable bonds is 8. The molecule has 1 N–H and O–H groups in total. The number of aryl methyl sites for hydroxylation is 1. The van der Waals surface area contributed by atoms with Gasteiger partial charge in [0.2, 0.25) is 0 Å². The van der Waals surface area contributed by atoms with Crippen molar-refractivity contribution in [3.8, 4) is 11.5 Å². The van der Waals surface area contributed by atoms with Crippen molar-refractivity contribution in [2.45, 2.75) is 44.2 Å². The molecule has 2 aromatic carbocycles. The second-order valence-corrected chi connectivity index (χ2v) is 8.96. The number of hydrogen-bond acceptors (Lipinski definition) is 6. The van der Waals surface area contributed by atoms with E-state index in [1.807, 2.05) is 18.2 Å². The van der Waals surface area contributed by atoms with E-state index >= 15 is 0 Å². The molecule has 172 valence electrons. The van der Waals surface area contributed by atoms with Crippen LogP contribution in [-0.2, 0) is 16.0 Å². The molecule has 7 nitrogen and oxygen atoms in total. The van der Waals surface area contributed by atoms with Gasteiger partial charge in [0.25, 0.3) is 0 Å². The summed E-state index contributed by atoms with van der Waals surface area (Å²) in [7, 11) is 3.10. The number of ether oxygens (including phenoxy) is 3. The molecule has 32 heavy (non-hydrogen) atoms. The van der Waals surface area contributed by atoms with Gasteiger partial charge in [-0.15, -0.1) is 11.8 Å². The standard InChI is InChI=1S/C24H30N2O5S/c1-16(2)31-23(27)21-15-32-22(11-10-17-8-6-5-7-9-17)26(21)24(28)25-18-12-19(29-3)14-20(13-18)30-4/h5-9,12-14,16,21-22H,10-11,15H2,1-4H3,(H,25,28). The van der Waals surface area contributed by atoms with E-state index in [1.54, 1.807) is 62.9 Å². The van der Waals surface area contributed by atoms with Crippen LogP contribution in [0.5, 0.6) is 11.5 Å². The van der Waals surface area contributed by atoms with E-state index in [1.165, 1.54) is 5.56 Å². The minimum absolute atomic E-state index is 0.146. The Labute approximate surface area is 193 Å². The highest BCUT2D eigenvalue weighted by Gasteiger charge is 2.42. The van der Waals surface area contributed by atoms with Crippen molar-refractivity contribution in [2.75, 3.05) is 25.3 Å². The summed E-state index contributed by atoms with van der Waals surface area (Å²) in [6.07, 6.45) is 1.29. The Morgan fingerprint density at radius 1 is 1.09 bits per heavy atom. The van der Waals surface area contributed by atoms with Gasteiger partial charge in [-0.3, -0.25) is 4.90 Å². The van der Waals surface area contributed by atoms with Gasteiger partial charge in [-0.2, -0.15) is 0 Å². The molecule has 0 aromatic heterocycles. The topological polar surface area (TPSA) is 77.1 Å². The molecule has 0 aliphatic carbocycles. The maximum Gasteiger partial charge on any atom is 0.330 e. The molecule has 1 heterocycles. The van der Waals surface area contributed by atoms with Crippen LogP contribution in [0.1, 0.15) is 25.8 Å². The van der Waals surface area contributed by atoms with Crippen LogP contribution in [0.25, 0.3) is 0 Å². The van der Waals surface area contributed by atoms with Crippen molar-refractivity contribution >= 4 is 29.4 Å². The lowest BCUT2D eigenvalue weighted by Gasteiger charge is -2.29. The van der Waals surface area contributed by atoms with Crippen molar-refractivity contribution in [3.63, 3.8) is 0 Å². The number of carbonyl (C=O) groups is 2. The molecule has 2 amide bonds. The van der Waals surface area contributed by atoms with E-state index in [9.17, 15) is 9.59 Å². The maximum absolute atomic E-state index is 13.3. The third-order valence-electron chi connectivity index (χ3n) is 5.08. The summed E-state index contributed by atoms with van der Waals surface area (Å²) in [4.78, 5) is 27.7. The van der Waals surface area contributed by atoms with Crippen LogP contribution >= 0.6 is 11.8 Å². The molecule has 0 spiro atoms. The molecule has 2 unspecified atom stereocenters. The monoisotopic (exact) mass is 458 g/mol. The van der Waals surface area contributed by atoms with Gasteiger partial charge in [-0.05, 0) is 32.3 Å². The molecule has 1 aliphatic rings. The molecule has 2 atom stereocenters. The average Bonchev–Trinajstić information content (AvgIpc) is 3.22. The predicted molar refractivity (Wildman–Crippen MR) is 126 cm³/mol. The zero-order chi connectivity index (χ0) is 23.1. The Kier molecular flexibility index (Phi) is 8.27. The highest BCUT2D eigenvalue weighted by molar-refractivity contribution is 8.00. The van der Waals surface area contributed by atoms with Crippen LogP contribution in [0.4, 0.5) is 10.5 Å². The lowest BCUT2D eigenvalue weighted by atomic mass is 10.1. The van der Waals surface area contributed by atoms with Gasteiger partial charge in [0.15, 0.2) is 0 Å². The first kappa shape index (κ1) is 23.8. The summed E-state index contributed by atoms with van der Waals surface area (Å²) in [5.41, 5.74) is 1.72. The smallest absolute Gasteiger partial charge is 0.330 e. The SMILES string of the molecule is COc1cc(NC(=O)N2C(CCc3ccccc3)SCC2C(=O)OC(C)C)cc(OC)c1. The summed E-state index contributed by atoms with van der Waals surface area (Å²) >= 11 is 1.60. The van der Waals surface area contributed by atoms with Crippen LogP contribution in [0.15, 0.2) is 48.5 Å². The van der Waals surface area contributed by atoms with Gasteiger partial charge < -0.3 is 19.5 Å². The molecule has 0 bridgehead atoms. The normalized spacial score (nSPS) is 17.8. The molecule has 2 aromatic rings. The zero-order valence-corrected chi connectivity index (χ0v) is 19.7. The maximum atomic E-state index is 13.3. The molecule has 3 rings (SSSR count). The zero-order valence-electron chi connectivity index (χ0n) is 18.9. The molecule has 8 heteroatoms. The summed E-state index contributed by atoms with van der Waals surface area (Å²) in [6.45, 7) is 3.61. The highest BCUT2D eigenvalue weighted by Crippen LogP contribution is 2.34. The van der Waals surface area contributed by atoms with Crippen molar-refractivity contribution in [3.05, 3.63) is 54.1 Å². The lowest BCUT2D eigenvalue weighted by Crippen LogP contribution is -2.48. The summed E-state index contributed by atoms with van der Waals surface area (Å²) in [6, 6.07) is 14.3. The molecular weight excluding hydrogens is 428 g/mol. The van der Waals surface area contributed by atoms with E-state index in [0.717, 1.165) is 12.8 Å². The van der Waals surface area contributed by atoms with E-state index < -0.39 is 6.04 Å². The summed E-state index contributed by atoms with van der Waals surface area (Å²) in [5, 5.41) is 2.76. The fourth-order valence-electron chi connectivity index (χ4n) is 3.55. The molecule has 1 fully saturated rings. The average molecular weight is 459 g/mol. The first-order valence-corrected chi connectivity index (χ1v) is 11.6. The summed E-state index contributed by atoms with van der Waals surface area (Å²) in [5.74, 6) is 1.24. The second kappa shape index (κ2) is 11.1. The number of anilines is 1. The second-order valence-electron chi connectivity index (χ2n) is 7.75. The van der Waals surface area contributed by atoms with Crippen molar-refractivity contribution in [2.24, 2.45) is 0 Å². The number of thioether (sulfide) groups is 1. The fraction of sp³-hybridized carbons (Fsp3) is 0.417. The largest absolute Gasteiger partial charge is 0.497 e. The van der Waals surface area contributed by atoms with Gasteiger partial charge in [-0.25, -0.2) is 9.59 Å². The Bertz CT molecular complexity index is 900. The minimum Gasteiger partial charge on any atom is -0.497 e. The summed E-state index contributed by atoms with van der Waals surface area (Å²) < 4.78 is 16.0. The number of benzene rings is 2. The lowest BCUT2D eigenvalue weighted by molar-refractivity contribution is -0.151. The van der Waals surface area contributed by atoms with Crippen molar-refractivity contribution in [1.29, 1.82) is 0 Å². The number of nitrogens with zero attached hydrogens (tertiary/aromatic N) is 1. The number of methoxy groups -OCH3 is 2. The fourth-order valence-corrected chi connectivity index (χ4v) is 4.94. The van der Waals surface area contributed by atoms with E-state index in [-0.39, 0.29) is 23.5 Å². The van der Waals surface area contributed by atoms with Gasteiger partial charge in [-0.1, -0.05) is 30.3 Å². The van der Waals surface area contributed by atoms with Crippen LogP contribution in [0.3, 0.4) is 0 Å². The Morgan fingerprint density at radius 2 is 1.75 bits per heavy atom. The van der Waals surface area contributed by atoms with Gasteiger partial charge in [0.1, 0.15) is 17.5 Å². The highest BCUT2D eigenvalue weighted by atomic mass is 32.2. The van der Waals surface area contributed by atoms with Crippen LogP contribution in [-0.4, -0.2) is 54.4 Å². The van der Waals surface area contributed by atoms with Crippen LogP contribution in [0.2, 0.25) is 0 Å². The number of carbonyl (C=O) groups excluding carboxylic acids is 2. The Morgan fingerprint density at radius 3 is 2.34 bits per heavy atom. The van der Waals surface area contributed by atoms with Crippen molar-refractivity contribution in [1.82, 2.24) is 4.90 Å². The van der Waals surface area contributed by atoms with E-state index in [0.29, 0.717) is 22.9 Å². The number of nitrogens with one attached hydrogen (secondary N) is 1. The number of hydrogen-bond donors (Lipinski definition) is 1. The molecule has 0 radical (unpaired) electrons. The van der Waals surface area contributed by atoms with Gasteiger partial charge in [0.05, 0.1) is 25.7 Å². The first-order valence-electron chi connectivity index (χ1n) is 10.6. The third kappa shape index (κ3) is 6.09. The molecule has 1 saturated heterocycles. The Balaban J connectivity index is 1.79. The van der Waals surface area contributed by atoms with E-state index in [4.69, 9.17) is 14.2 Å². The van der Waals surface area contributed by atoms with Gasteiger partial charge in [0, 0.05) is 29.6 Å². The van der Waals surface area contributed by atoms with Crippen LogP contribution in [0, 0.1) is 0 Å². The van der Waals surface area contributed by atoms with Crippen molar-refractivity contribution < 1.29 is 23.8 Å². The number of urea groups is 1. The first-order chi connectivity index (χ1) is 15.4. The molecular formula is C24H30N2O5S. The Hall–Kier alpha value is -2.87. The quantitative estimate of drug-likeness (QED) is 0.584.